The lowest BCUT2D eigenvalue weighted by Gasteiger charge is -2.07. The van der Waals surface area contributed by atoms with Crippen LogP contribution in [0.5, 0.6) is 0 Å². The zero-order chi connectivity index (χ0) is 8.60. The first-order chi connectivity index (χ1) is 5.68. The summed E-state index contributed by atoms with van der Waals surface area (Å²) in [5, 5.41) is 6.37. The summed E-state index contributed by atoms with van der Waals surface area (Å²) in [5.41, 5.74) is 0.554. The van der Waals surface area contributed by atoms with Gasteiger partial charge in [-0.1, -0.05) is 6.92 Å². The molecule has 1 saturated carbocycles. The van der Waals surface area contributed by atoms with Crippen molar-refractivity contribution in [2.24, 2.45) is 5.41 Å². The van der Waals surface area contributed by atoms with Crippen LogP contribution in [0.25, 0.3) is 0 Å². The average Bonchev–Trinajstić information content (AvgIpc) is 2.60. The van der Waals surface area contributed by atoms with Gasteiger partial charge in [-0.3, -0.25) is 0 Å². The lowest BCUT2D eigenvalue weighted by molar-refractivity contribution is 0.610. The lowest BCUT2D eigenvalue weighted by Crippen LogP contribution is -2.11. The Morgan fingerprint density at radius 3 is 3.00 bits per heavy atom. The first kappa shape index (κ1) is 8.51. The second kappa shape index (κ2) is 3.00. The Labute approximate surface area is 84.5 Å². The molecule has 1 aliphatic rings. The fourth-order valence-electron chi connectivity index (χ4n) is 1.01. The van der Waals surface area contributed by atoms with E-state index in [1.807, 2.05) is 5.38 Å². The number of aromatic nitrogens is 1. The minimum atomic E-state index is 0.554. The molecule has 0 saturated heterocycles. The van der Waals surface area contributed by atoms with E-state index in [1.54, 1.807) is 11.3 Å². The van der Waals surface area contributed by atoms with Gasteiger partial charge in [-0.15, -0.1) is 11.3 Å². The highest BCUT2D eigenvalue weighted by molar-refractivity contribution is 9.10. The van der Waals surface area contributed by atoms with Crippen LogP contribution in [0.15, 0.2) is 9.98 Å². The van der Waals surface area contributed by atoms with Crippen LogP contribution >= 0.6 is 27.3 Å². The van der Waals surface area contributed by atoms with Crippen molar-refractivity contribution in [1.82, 2.24) is 4.98 Å². The summed E-state index contributed by atoms with van der Waals surface area (Å²) in [4.78, 5) is 4.27. The largest absolute Gasteiger partial charge is 0.361 e. The van der Waals surface area contributed by atoms with Crippen molar-refractivity contribution in [3.05, 3.63) is 9.98 Å². The monoisotopic (exact) mass is 246 g/mol. The number of thiazole rings is 1. The first-order valence-corrected chi connectivity index (χ1v) is 5.70. The number of rotatable bonds is 3. The Balaban J connectivity index is 1.87. The van der Waals surface area contributed by atoms with E-state index in [9.17, 15) is 0 Å². The average molecular weight is 247 g/mol. The second-order valence-electron chi connectivity index (χ2n) is 3.64. The number of nitrogens with zero attached hydrogens (tertiary/aromatic N) is 1. The van der Waals surface area contributed by atoms with Crippen molar-refractivity contribution in [3.63, 3.8) is 0 Å². The first-order valence-electron chi connectivity index (χ1n) is 4.03. The predicted molar refractivity (Wildman–Crippen MR) is 55.6 cm³/mol. The summed E-state index contributed by atoms with van der Waals surface area (Å²) in [7, 11) is 0. The molecule has 0 atom stereocenters. The topological polar surface area (TPSA) is 24.9 Å². The molecule has 0 aliphatic heterocycles. The van der Waals surface area contributed by atoms with Crippen molar-refractivity contribution >= 4 is 32.4 Å². The van der Waals surface area contributed by atoms with Gasteiger partial charge in [0.05, 0.1) is 0 Å². The molecule has 0 unspecified atom stereocenters. The summed E-state index contributed by atoms with van der Waals surface area (Å²) in [6, 6.07) is 0. The molecular formula is C8H11BrN2S. The zero-order valence-electron chi connectivity index (χ0n) is 6.93. The quantitative estimate of drug-likeness (QED) is 0.887. The zero-order valence-corrected chi connectivity index (χ0v) is 9.33. The van der Waals surface area contributed by atoms with E-state index in [2.05, 4.69) is 33.2 Å². The normalized spacial score (nSPS) is 19.2. The maximum atomic E-state index is 4.27. The van der Waals surface area contributed by atoms with Crippen LogP contribution in [-0.2, 0) is 0 Å². The molecule has 1 fully saturated rings. The van der Waals surface area contributed by atoms with Crippen LogP contribution in [0.4, 0.5) is 5.13 Å². The number of hydrogen-bond acceptors (Lipinski definition) is 3. The summed E-state index contributed by atoms with van der Waals surface area (Å²) < 4.78 is 0.927. The van der Waals surface area contributed by atoms with Gasteiger partial charge in [0, 0.05) is 11.9 Å². The van der Waals surface area contributed by atoms with Gasteiger partial charge >= 0.3 is 0 Å². The molecule has 0 aromatic carbocycles. The van der Waals surface area contributed by atoms with Gasteiger partial charge in [0.1, 0.15) is 4.60 Å². The van der Waals surface area contributed by atoms with Gasteiger partial charge in [0.2, 0.25) is 0 Å². The number of nitrogens with one attached hydrogen (secondary N) is 1. The fraction of sp³-hybridized carbons (Fsp3) is 0.625. The molecule has 2 nitrogen and oxygen atoms in total. The molecule has 4 heteroatoms. The standard InChI is InChI=1S/C8H11BrN2S/c1-8(2-3-8)5-10-7-11-6(9)4-12-7/h4H,2-3,5H2,1H3,(H,10,11). The van der Waals surface area contributed by atoms with Crippen LogP contribution in [0.1, 0.15) is 19.8 Å². The molecule has 1 aliphatic carbocycles. The molecule has 0 radical (unpaired) electrons. The highest BCUT2D eigenvalue weighted by atomic mass is 79.9. The van der Waals surface area contributed by atoms with E-state index in [0.29, 0.717) is 5.41 Å². The van der Waals surface area contributed by atoms with Gasteiger partial charge in [-0.25, -0.2) is 4.98 Å². The Morgan fingerprint density at radius 2 is 2.50 bits per heavy atom. The van der Waals surface area contributed by atoms with Gasteiger partial charge in [-0.05, 0) is 34.2 Å². The predicted octanol–water partition coefficient (Wildman–Crippen LogP) is 3.12. The maximum absolute atomic E-state index is 4.27. The Bertz CT molecular complexity index is 280. The van der Waals surface area contributed by atoms with Crippen molar-refractivity contribution in [3.8, 4) is 0 Å². The minimum Gasteiger partial charge on any atom is -0.361 e. The Hall–Kier alpha value is -0.0900. The highest BCUT2D eigenvalue weighted by Gasteiger charge is 2.36. The van der Waals surface area contributed by atoms with Crippen LogP contribution in [-0.4, -0.2) is 11.5 Å². The number of anilines is 1. The lowest BCUT2D eigenvalue weighted by atomic mass is 10.1. The molecule has 0 spiro atoms. The second-order valence-corrected chi connectivity index (χ2v) is 5.31. The molecule has 0 bridgehead atoms. The van der Waals surface area contributed by atoms with E-state index in [0.717, 1.165) is 16.3 Å². The van der Waals surface area contributed by atoms with E-state index >= 15 is 0 Å². The minimum absolute atomic E-state index is 0.554. The van der Waals surface area contributed by atoms with Crippen molar-refractivity contribution in [1.29, 1.82) is 0 Å². The molecule has 12 heavy (non-hydrogen) atoms. The Kier molecular flexibility index (Phi) is 2.12. The number of hydrogen-bond donors (Lipinski definition) is 1. The maximum Gasteiger partial charge on any atom is 0.183 e. The van der Waals surface area contributed by atoms with Crippen molar-refractivity contribution < 1.29 is 0 Å². The molecule has 1 aromatic rings. The fourth-order valence-corrected chi connectivity index (χ4v) is 2.16. The van der Waals surface area contributed by atoms with E-state index in [4.69, 9.17) is 0 Å². The van der Waals surface area contributed by atoms with Gasteiger partial charge < -0.3 is 5.32 Å². The SMILES string of the molecule is CC1(CNc2nc(Br)cs2)CC1. The summed E-state index contributed by atoms with van der Waals surface area (Å²) in [6.45, 7) is 3.37. The Morgan fingerprint density at radius 1 is 1.75 bits per heavy atom. The summed E-state index contributed by atoms with van der Waals surface area (Å²) >= 11 is 4.98. The molecule has 0 amide bonds. The van der Waals surface area contributed by atoms with Crippen LogP contribution in [0.2, 0.25) is 0 Å². The molecule has 2 rings (SSSR count). The molecule has 1 N–H and O–H groups in total. The van der Waals surface area contributed by atoms with E-state index in [1.165, 1.54) is 12.8 Å². The smallest absolute Gasteiger partial charge is 0.183 e. The molecule has 1 heterocycles. The van der Waals surface area contributed by atoms with Crippen molar-refractivity contribution in [2.75, 3.05) is 11.9 Å². The van der Waals surface area contributed by atoms with Crippen LogP contribution < -0.4 is 5.32 Å². The van der Waals surface area contributed by atoms with E-state index in [-0.39, 0.29) is 0 Å². The molecular weight excluding hydrogens is 236 g/mol. The third-order valence-electron chi connectivity index (χ3n) is 2.25. The van der Waals surface area contributed by atoms with Crippen molar-refractivity contribution in [2.45, 2.75) is 19.8 Å². The van der Waals surface area contributed by atoms with Crippen LogP contribution in [0, 0.1) is 5.41 Å². The highest BCUT2D eigenvalue weighted by Crippen LogP contribution is 2.44. The molecule has 1 aromatic heterocycles. The van der Waals surface area contributed by atoms with Gasteiger partial charge in [0.25, 0.3) is 0 Å². The third-order valence-corrected chi connectivity index (χ3v) is 3.76. The number of halogens is 1. The summed E-state index contributed by atoms with van der Waals surface area (Å²) in [5.74, 6) is 0. The van der Waals surface area contributed by atoms with Gasteiger partial charge in [-0.2, -0.15) is 0 Å². The van der Waals surface area contributed by atoms with Crippen LogP contribution in [0.3, 0.4) is 0 Å². The molecule has 66 valence electrons. The third kappa shape index (κ3) is 1.98. The van der Waals surface area contributed by atoms with Gasteiger partial charge in [0.15, 0.2) is 5.13 Å². The summed E-state index contributed by atoms with van der Waals surface area (Å²) in [6.07, 6.45) is 2.71. The van der Waals surface area contributed by atoms with E-state index < -0.39 is 0 Å².